The molecule has 0 radical (unpaired) electrons. The number of carbonyl (C=O) groups excluding carboxylic acids is 2. The molecule has 26 heavy (non-hydrogen) atoms. The molecule has 0 aliphatic heterocycles. The second-order valence-corrected chi connectivity index (χ2v) is 5.50. The molecule has 0 unspecified atom stereocenters. The van der Waals surface area contributed by atoms with Gasteiger partial charge in [0.1, 0.15) is 0 Å². The third-order valence-electron chi connectivity index (χ3n) is 3.69. The fourth-order valence-corrected chi connectivity index (χ4v) is 2.46. The number of aromatic carboxylic acids is 1. The van der Waals surface area contributed by atoms with E-state index in [9.17, 15) is 14.4 Å². The van der Waals surface area contributed by atoms with Gasteiger partial charge in [-0.15, -0.1) is 0 Å². The Hall–Kier alpha value is -3.74. The van der Waals surface area contributed by atoms with Gasteiger partial charge < -0.3 is 15.7 Å². The standard InChI is InChI=1S/C19H15N3O4/c23-16(22-15-8-2-4-12-7-3-9-20-17(12)15)11-21-18(24)13-5-1-6-14(10-13)19(25)26/h1-10H,11H2,(H,21,24)(H,22,23)(H,25,26). The molecule has 2 amide bonds. The van der Waals surface area contributed by atoms with Gasteiger partial charge in [-0.05, 0) is 30.3 Å². The fraction of sp³-hybridized carbons (Fsp3) is 0.0526. The molecule has 0 fully saturated rings. The Labute approximate surface area is 148 Å². The predicted molar refractivity (Wildman–Crippen MR) is 96.1 cm³/mol. The van der Waals surface area contributed by atoms with E-state index >= 15 is 0 Å². The van der Waals surface area contributed by atoms with Crippen molar-refractivity contribution in [2.45, 2.75) is 0 Å². The molecule has 0 atom stereocenters. The molecule has 3 aromatic rings. The molecule has 3 N–H and O–H groups in total. The number of anilines is 1. The summed E-state index contributed by atoms with van der Waals surface area (Å²) in [5.74, 6) is -2.06. The van der Waals surface area contributed by atoms with Gasteiger partial charge in [-0.25, -0.2) is 4.79 Å². The molecule has 0 aliphatic carbocycles. The zero-order valence-electron chi connectivity index (χ0n) is 13.6. The largest absolute Gasteiger partial charge is 0.478 e. The van der Waals surface area contributed by atoms with Crippen LogP contribution in [0.3, 0.4) is 0 Å². The van der Waals surface area contributed by atoms with Crippen LogP contribution in [0.1, 0.15) is 20.7 Å². The van der Waals surface area contributed by atoms with E-state index in [1.807, 2.05) is 12.1 Å². The summed E-state index contributed by atoms with van der Waals surface area (Å²) in [6, 6.07) is 14.7. The summed E-state index contributed by atoms with van der Waals surface area (Å²) < 4.78 is 0. The van der Waals surface area contributed by atoms with Crippen molar-refractivity contribution in [3.63, 3.8) is 0 Å². The van der Waals surface area contributed by atoms with Gasteiger partial charge in [0.25, 0.3) is 5.91 Å². The first-order valence-corrected chi connectivity index (χ1v) is 7.80. The zero-order chi connectivity index (χ0) is 18.5. The van der Waals surface area contributed by atoms with Gasteiger partial charge >= 0.3 is 5.97 Å². The minimum Gasteiger partial charge on any atom is -0.478 e. The third-order valence-corrected chi connectivity index (χ3v) is 3.69. The van der Waals surface area contributed by atoms with Crippen LogP contribution in [0.4, 0.5) is 5.69 Å². The van der Waals surface area contributed by atoms with Gasteiger partial charge in [0.15, 0.2) is 0 Å². The number of amides is 2. The highest BCUT2D eigenvalue weighted by Gasteiger charge is 2.12. The van der Waals surface area contributed by atoms with Crippen LogP contribution in [0.5, 0.6) is 0 Å². The summed E-state index contributed by atoms with van der Waals surface area (Å²) in [5, 5.41) is 15.0. The first-order chi connectivity index (χ1) is 12.5. The van der Waals surface area contributed by atoms with Gasteiger partial charge in [0.05, 0.1) is 23.3 Å². The predicted octanol–water partition coefficient (Wildman–Crippen LogP) is 2.30. The first-order valence-electron chi connectivity index (χ1n) is 7.80. The SMILES string of the molecule is O=C(CNC(=O)c1cccc(C(=O)O)c1)Nc1cccc2cccnc12. The van der Waals surface area contributed by atoms with Crippen molar-refractivity contribution < 1.29 is 19.5 Å². The molecule has 0 bridgehead atoms. The number of carboxylic acids is 1. The number of aromatic nitrogens is 1. The molecule has 1 aromatic heterocycles. The summed E-state index contributed by atoms with van der Waals surface area (Å²) >= 11 is 0. The lowest BCUT2D eigenvalue weighted by Crippen LogP contribution is -2.33. The van der Waals surface area contributed by atoms with Crippen LogP contribution < -0.4 is 10.6 Å². The van der Waals surface area contributed by atoms with E-state index in [0.29, 0.717) is 11.2 Å². The number of hydrogen-bond acceptors (Lipinski definition) is 4. The maximum absolute atomic E-state index is 12.1. The summed E-state index contributed by atoms with van der Waals surface area (Å²) in [6.45, 7) is -0.251. The Morgan fingerprint density at radius 2 is 1.69 bits per heavy atom. The van der Waals surface area contributed by atoms with Crippen molar-refractivity contribution in [3.8, 4) is 0 Å². The Balaban J connectivity index is 1.64. The molecule has 130 valence electrons. The van der Waals surface area contributed by atoms with Gasteiger partial charge in [-0.1, -0.05) is 24.3 Å². The molecule has 0 saturated carbocycles. The van der Waals surface area contributed by atoms with Crippen molar-refractivity contribution >= 4 is 34.4 Å². The average molecular weight is 349 g/mol. The molecule has 7 nitrogen and oxygen atoms in total. The lowest BCUT2D eigenvalue weighted by molar-refractivity contribution is -0.115. The van der Waals surface area contributed by atoms with Gasteiger partial charge in [0, 0.05) is 17.1 Å². The molecule has 0 saturated heterocycles. The number of rotatable bonds is 5. The Bertz CT molecular complexity index is 996. The van der Waals surface area contributed by atoms with E-state index in [0.717, 1.165) is 5.39 Å². The Kier molecular flexibility index (Phi) is 4.89. The topological polar surface area (TPSA) is 108 Å². The van der Waals surface area contributed by atoms with Crippen LogP contribution in [0.2, 0.25) is 0 Å². The number of nitrogens with one attached hydrogen (secondary N) is 2. The van der Waals surface area contributed by atoms with Gasteiger partial charge in [-0.3, -0.25) is 14.6 Å². The maximum Gasteiger partial charge on any atom is 0.335 e. The normalized spacial score (nSPS) is 10.3. The number of fused-ring (bicyclic) bond motifs is 1. The van der Waals surface area contributed by atoms with E-state index in [-0.39, 0.29) is 17.7 Å². The molecular formula is C19H15N3O4. The monoisotopic (exact) mass is 349 g/mol. The lowest BCUT2D eigenvalue weighted by atomic mass is 10.1. The van der Waals surface area contributed by atoms with Crippen LogP contribution in [-0.4, -0.2) is 34.4 Å². The molecule has 7 heteroatoms. The molecule has 0 spiro atoms. The highest BCUT2D eigenvalue weighted by molar-refractivity contribution is 6.03. The minimum atomic E-state index is -1.12. The van der Waals surface area contributed by atoms with Crippen LogP contribution in [0.25, 0.3) is 10.9 Å². The maximum atomic E-state index is 12.1. The van der Waals surface area contributed by atoms with Gasteiger partial charge in [-0.2, -0.15) is 0 Å². The van der Waals surface area contributed by atoms with Crippen LogP contribution >= 0.6 is 0 Å². The number of carboxylic acid groups (broad SMARTS) is 1. The van der Waals surface area contributed by atoms with Crippen molar-refractivity contribution in [1.29, 1.82) is 0 Å². The van der Waals surface area contributed by atoms with Crippen LogP contribution in [0.15, 0.2) is 60.8 Å². The van der Waals surface area contributed by atoms with E-state index in [2.05, 4.69) is 15.6 Å². The van der Waals surface area contributed by atoms with Crippen molar-refractivity contribution in [3.05, 3.63) is 71.9 Å². The molecule has 3 rings (SSSR count). The highest BCUT2D eigenvalue weighted by atomic mass is 16.4. The number of pyridine rings is 1. The quantitative estimate of drug-likeness (QED) is 0.655. The Morgan fingerprint density at radius 3 is 2.50 bits per heavy atom. The smallest absolute Gasteiger partial charge is 0.335 e. The van der Waals surface area contributed by atoms with Gasteiger partial charge in [0.2, 0.25) is 5.91 Å². The van der Waals surface area contributed by atoms with E-state index in [1.54, 1.807) is 24.4 Å². The summed E-state index contributed by atoms with van der Waals surface area (Å²) in [4.78, 5) is 39.4. The lowest BCUT2D eigenvalue weighted by Gasteiger charge is -2.09. The summed E-state index contributed by atoms with van der Waals surface area (Å²) in [6.07, 6.45) is 1.63. The van der Waals surface area contributed by atoms with E-state index in [4.69, 9.17) is 5.11 Å². The summed E-state index contributed by atoms with van der Waals surface area (Å²) in [7, 11) is 0. The highest BCUT2D eigenvalue weighted by Crippen LogP contribution is 2.20. The number of carbonyl (C=O) groups is 3. The van der Waals surface area contributed by atoms with Crippen molar-refractivity contribution in [2.24, 2.45) is 0 Å². The second kappa shape index (κ2) is 7.43. The number of nitrogens with zero attached hydrogens (tertiary/aromatic N) is 1. The number of para-hydroxylation sites is 1. The number of benzene rings is 2. The summed E-state index contributed by atoms with van der Waals surface area (Å²) in [5.41, 5.74) is 1.38. The van der Waals surface area contributed by atoms with Crippen LogP contribution in [-0.2, 0) is 4.79 Å². The Morgan fingerprint density at radius 1 is 0.962 bits per heavy atom. The van der Waals surface area contributed by atoms with Crippen LogP contribution in [0, 0.1) is 0 Å². The second-order valence-electron chi connectivity index (χ2n) is 5.50. The van der Waals surface area contributed by atoms with E-state index in [1.165, 1.54) is 24.3 Å². The minimum absolute atomic E-state index is 0.00364. The first kappa shape index (κ1) is 17.1. The molecular weight excluding hydrogens is 334 g/mol. The third kappa shape index (κ3) is 3.84. The average Bonchev–Trinajstić information content (AvgIpc) is 2.66. The van der Waals surface area contributed by atoms with Crippen molar-refractivity contribution in [2.75, 3.05) is 11.9 Å². The number of hydrogen-bond donors (Lipinski definition) is 3. The van der Waals surface area contributed by atoms with Crippen molar-refractivity contribution in [1.82, 2.24) is 10.3 Å². The zero-order valence-corrected chi connectivity index (χ0v) is 13.6. The van der Waals surface area contributed by atoms with E-state index < -0.39 is 17.8 Å². The molecule has 1 heterocycles. The molecule has 2 aromatic carbocycles. The molecule has 0 aliphatic rings. The fourth-order valence-electron chi connectivity index (χ4n) is 2.46.